The van der Waals surface area contributed by atoms with Gasteiger partial charge >= 0.3 is 0 Å². The van der Waals surface area contributed by atoms with Gasteiger partial charge in [0.25, 0.3) is 0 Å². The molecule has 1 aliphatic rings. The summed E-state index contributed by atoms with van der Waals surface area (Å²) in [6.45, 7) is 2.97. The predicted molar refractivity (Wildman–Crippen MR) is 97.8 cm³/mol. The molecule has 0 bridgehead atoms. The van der Waals surface area contributed by atoms with Crippen LogP contribution in [0.2, 0.25) is 5.02 Å². The van der Waals surface area contributed by atoms with Crippen molar-refractivity contribution < 1.29 is 9.53 Å². The zero-order valence-electron chi connectivity index (χ0n) is 14.5. The fourth-order valence-electron chi connectivity index (χ4n) is 3.39. The second-order valence-electron chi connectivity index (χ2n) is 6.42. The van der Waals surface area contributed by atoms with Crippen LogP contribution in [0.4, 0.5) is 0 Å². The van der Waals surface area contributed by atoms with E-state index < -0.39 is 0 Å². The monoisotopic (exact) mass is 361 g/mol. The molecule has 1 fully saturated rings. The third-order valence-corrected chi connectivity index (χ3v) is 5.09. The summed E-state index contributed by atoms with van der Waals surface area (Å²) in [6, 6.07) is 7.54. The summed E-state index contributed by atoms with van der Waals surface area (Å²) in [6.07, 6.45) is 6.22. The van der Waals surface area contributed by atoms with Gasteiger partial charge in [0.15, 0.2) is 0 Å². The van der Waals surface area contributed by atoms with Gasteiger partial charge in [-0.2, -0.15) is 0 Å². The Morgan fingerprint density at radius 3 is 3.04 bits per heavy atom. The van der Waals surface area contributed by atoms with E-state index in [0.29, 0.717) is 24.6 Å². The number of rotatable bonds is 6. The molecule has 2 aromatic rings. The first-order valence-corrected chi connectivity index (χ1v) is 9.08. The van der Waals surface area contributed by atoms with Crippen LogP contribution in [0.15, 0.2) is 36.7 Å². The van der Waals surface area contributed by atoms with Crippen LogP contribution in [-0.2, 0) is 22.5 Å². The van der Waals surface area contributed by atoms with Gasteiger partial charge in [-0.05, 0) is 24.5 Å². The summed E-state index contributed by atoms with van der Waals surface area (Å²) in [5, 5.41) is 0.652. The van der Waals surface area contributed by atoms with E-state index in [1.807, 2.05) is 41.6 Å². The van der Waals surface area contributed by atoms with Crippen LogP contribution in [0.1, 0.15) is 30.1 Å². The molecule has 0 spiro atoms. The van der Waals surface area contributed by atoms with Gasteiger partial charge in [-0.25, -0.2) is 4.98 Å². The molecule has 5 nitrogen and oxygen atoms in total. The lowest BCUT2D eigenvalue weighted by Gasteiger charge is -2.33. The summed E-state index contributed by atoms with van der Waals surface area (Å²) < 4.78 is 7.30. The van der Waals surface area contributed by atoms with E-state index in [-0.39, 0.29) is 11.8 Å². The number of hydrogen-bond donors (Lipinski definition) is 0. The first-order chi connectivity index (χ1) is 12.2. The van der Waals surface area contributed by atoms with E-state index in [2.05, 4.69) is 9.55 Å². The molecule has 0 aliphatic carbocycles. The first-order valence-electron chi connectivity index (χ1n) is 8.70. The zero-order valence-corrected chi connectivity index (χ0v) is 15.3. The third-order valence-electron chi connectivity index (χ3n) is 4.72. The molecule has 1 aromatic heterocycles. The molecule has 0 saturated carbocycles. The molecule has 3 rings (SSSR count). The molecular weight excluding hydrogens is 338 g/mol. The van der Waals surface area contributed by atoms with Gasteiger partial charge in [-0.1, -0.05) is 29.8 Å². The van der Waals surface area contributed by atoms with Gasteiger partial charge in [-0.15, -0.1) is 0 Å². The predicted octanol–water partition coefficient (Wildman–Crippen LogP) is 3.13. The van der Waals surface area contributed by atoms with Gasteiger partial charge in [0, 0.05) is 50.1 Å². The summed E-state index contributed by atoms with van der Waals surface area (Å²) in [5.41, 5.74) is 0.887. The van der Waals surface area contributed by atoms with E-state index in [1.54, 1.807) is 7.11 Å². The molecule has 134 valence electrons. The number of ether oxygens (including phenoxy) is 1. The number of piperidine rings is 1. The molecule has 1 aromatic carbocycles. The maximum atomic E-state index is 12.7. The third kappa shape index (κ3) is 4.41. The van der Waals surface area contributed by atoms with Crippen molar-refractivity contribution in [3.05, 3.63) is 53.1 Å². The molecule has 1 atom stereocenters. The topological polar surface area (TPSA) is 47.4 Å². The molecule has 6 heteroatoms. The normalized spacial score (nSPS) is 17.7. The van der Waals surface area contributed by atoms with Crippen molar-refractivity contribution in [3.63, 3.8) is 0 Å². The Kier molecular flexibility index (Phi) is 6.10. The zero-order chi connectivity index (χ0) is 17.6. The van der Waals surface area contributed by atoms with Crippen molar-refractivity contribution in [2.75, 3.05) is 26.8 Å². The lowest BCUT2D eigenvalue weighted by Crippen LogP contribution is -2.40. The first kappa shape index (κ1) is 18.0. The van der Waals surface area contributed by atoms with Crippen LogP contribution < -0.4 is 0 Å². The van der Waals surface area contributed by atoms with Gasteiger partial charge in [0.1, 0.15) is 5.82 Å². The van der Waals surface area contributed by atoms with Crippen LogP contribution in [0.25, 0.3) is 0 Å². The average Bonchev–Trinajstić information content (AvgIpc) is 3.10. The SMILES string of the molecule is COCCn1ccnc1C1CCCN(C(=O)Cc2ccccc2Cl)C1. The highest BCUT2D eigenvalue weighted by molar-refractivity contribution is 6.31. The Morgan fingerprint density at radius 1 is 1.40 bits per heavy atom. The van der Waals surface area contributed by atoms with Crippen molar-refractivity contribution in [2.45, 2.75) is 31.7 Å². The minimum atomic E-state index is 0.132. The molecule has 1 unspecified atom stereocenters. The molecule has 1 saturated heterocycles. The number of imidazole rings is 1. The van der Waals surface area contributed by atoms with Gasteiger partial charge in [0.2, 0.25) is 5.91 Å². The lowest BCUT2D eigenvalue weighted by atomic mass is 9.96. The fraction of sp³-hybridized carbons (Fsp3) is 0.474. The maximum Gasteiger partial charge on any atom is 0.227 e. The van der Waals surface area contributed by atoms with Crippen molar-refractivity contribution in [2.24, 2.45) is 0 Å². The second kappa shape index (κ2) is 8.50. The largest absolute Gasteiger partial charge is 0.383 e. The van der Waals surface area contributed by atoms with Crippen molar-refractivity contribution >= 4 is 17.5 Å². The number of amides is 1. The summed E-state index contributed by atoms with van der Waals surface area (Å²) in [7, 11) is 1.70. The van der Waals surface area contributed by atoms with E-state index in [1.165, 1.54) is 0 Å². The van der Waals surface area contributed by atoms with E-state index in [9.17, 15) is 4.79 Å². The lowest BCUT2D eigenvalue weighted by molar-refractivity contribution is -0.131. The molecule has 1 aliphatic heterocycles. The van der Waals surface area contributed by atoms with Crippen LogP contribution in [0.5, 0.6) is 0 Å². The highest BCUT2D eigenvalue weighted by Crippen LogP contribution is 2.27. The number of aromatic nitrogens is 2. The quantitative estimate of drug-likeness (QED) is 0.794. The Bertz CT molecular complexity index is 716. The minimum absolute atomic E-state index is 0.132. The van der Waals surface area contributed by atoms with Crippen LogP contribution in [-0.4, -0.2) is 47.2 Å². The van der Waals surface area contributed by atoms with Crippen molar-refractivity contribution in [1.82, 2.24) is 14.5 Å². The highest BCUT2D eigenvalue weighted by Gasteiger charge is 2.27. The van der Waals surface area contributed by atoms with E-state index in [4.69, 9.17) is 16.3 Å². The number of hydrogen-bond acceptors (Lipinski definition) is 3. The highest BCUT2D eigenvalue weighted by atomic mass is 35.5. The van der Waals surface area contributed by atoms with Crippen molar-refractivity contribution in [3.8, 4) is 0 Å². The Morgan fingerprint density at radius 2 is 2.24 bits per heavy atom. The van der Waals surface area contributed by atoms with Crippen molar-refractivity contribution in [1.29, 1.82) is 0 Å². The van der Waals surface area contributed by atoms with Crippen LogP contribution in [0, 0.1) is 0 Å². The Hall–Kier alpha value is -1.85. The minimum Gasteiger partial charge on any atom is -0.383 e. The summed E-state index contributed by atoms with van der Waals surface area (Å²) in [5.74, 6) is 1.45. The molecule has 1 amide bonds. The number of methoxy groups -OCH3 is 1. The molecule has 25 heavy (non-hydrogen) atoms. The number of carbonyl (C=O) groups is 1. The molecule has 0 N–H and O–H groups in total. The standard InChI is InChI=1S/C19H24ClN3O2/c1-25-12-11-22-10-8-21-19(22)16-6-4-9-23(14-16)18(24)13-15-5-2-3-7-17(15)20/h2-3,5,7-8,10,16H,4,6,9,11-14H2,1H3. The Labute approximate surface area is 153 Å². The van der Waals surface area contributed by atoms with Crippen LogP contribution in [0.3, 0.4) is 0 Å². The number of carbonyl (C=O) groups excluding carboxylic acids is 1. The van der Waals surface area contributed by atoms with Gasteiger partial charge in [0.05, 0.1) is 13.0 Å². The van der Waals surface area contributed by atoms with E-state index in [0.717, 1.165) is 37.3 Å². The molecule has 2 heterocycles. The van der Waals surface area contributed by atoms with Crippen LogP contribution >= 0.6 is 11.6 Å². The number of nitrogens with zero attached hydrogens (tertiary/aromatic N) is 3. The number of halogens is 1. The molecular formula is C19H24ClN3O2. The summed E-state index contributed by atoms with van der Waals surface area (Å²) in [4.78, 5) is 19.2. The maximum absolute atomic E-state index is 12.7. The fourth-order valence-corrected chi connectivity index (χ4v) is 3.59. The average molecular weight is 362 g/mol. The number of benzene rings is 1. The molecule has 0 radical (unpaired) electrons. The second-order valence-corrected chi connectivity index (χ2v) is 6.83. The van der Waals surface area contributed by atoms with Gasteiger partial charge < -0.3 is 14.2 Å². The van der Waals surface area contributed by atoms with Gasteiger partial charge in [-0.3, -0.25) is 4.79 Å². The summed E-state index contributed by atoms with van der Waals surface area (Å²) >= 11 is 6.19. The smallest absolute Gasteiger partial charge is 0.227 e. The number of likely N-dealkylation sites (tertiary alicyclic amines) is 1. The van der Waals surface area contributed by atoms with E-state index >= 15 is 0 Å². The Balaban J connectivity index is 1.66.